The highest BCUT2D eigenvalue weighted by atomic mass is 16.4. The van der Waals surface area contributed by atoms with Gasteiger partial charge in [0.15, 0.2) is 0 Å². The zero-order chi connectivity index (χ0) is 15.0. The standard InChI is InChI=1S/C10H16N2O7/c11-5(1-3-7(13)14)9(17)12-6(10(18)19)2-4-8(15)16/h5-6H,1-4,11H2,(H,12,17)(H,13,14)(H,15,16)(H,18,19)/t5-,6+/m1/s1. The van der Waals surface area contributed by atoms with E-state index in [1.807, 2.05) is 0 Å². The zero-order valence-corrected chi connectivity index (χ0v) is 10.0. The number of hydrogen-bond acceptors (Lipinski definition) is 5. The Hall–Kier alpha value is -2.16. The second-order valence-electron chi connectivity index (χ2n) is 3.87. The molecule has 0 aromatic rings. The number of carbonyl (C=O) groups is 4. The molecule has 0 radical (unpaired) electrons. The smallest absolute Gasteiger partial charge is 0.326 e. The SMILES string of the molecule is N[C@H](CCC(=O)O)C(=O)N[C@@H](CCC(=O)O)C(=O)O. The lowest BCUT2D eigenvalue weighted by Gasteiger charge is -2.16. The highest BCUT2D eigenvalue weighted by molar-refractivity contribution is 5.87. The van der Waals surface area contributed by atoms with Gasteiger partial charge in [0.05, 0.1) is 6.04 Å². The van der Waals surface area contributed by atoms with Gasteiger partial charge in [-0.15, -0.1) is 0 Å². The maximum absolute atomic E-state index is 11.5. The summed E-state index contributed by atoms with van der Waals surface area (Å²) in [7, 11) is 0. The minimum absolute atomic E-state index is 0.133. The van der Waals surface area contributed by atoms with Crippen molar-refractivity contribution in [3.05, 3.63) is 0 Å². The average molecular weight is 276 g/mol. The Morgan fingerprint density at radius 2 is 1.42 bits per heavy atom. The fraction of sp³-hybridized carbons (Fsp3) is 0.600. The first kappa shape index (κ1) is 16.8. The molecule has 19 heavy (non-hydrogen) atoms. The first-order valence-electron chi connectivity index (χ1n) is 5.46. The molecule has 9 nitrogen and oxygen atoms in total. The Morgan fingerprint density at radius 3 is 1.84 bits per heavy atom. The van der Waals surface area contributed by atoms with Crippen molar-refractivity contribution in [1.29, 1.82) is 0 Å². The molecule has 6 N–H and O–H groups in total. The lowest BCUT2D eigenvalue weighted by atomic mass is 10.1. The van der Waals surface area contributed by atoms with E-state index >= 15 is 0 Å². The molecule has 108 valence electrons. The molecule has 2 atom stereocenters. The van der Waals surface area contributed by atoms with Gasteiger partial charge in [-0.25, -0.2) is 4.79 Å². The molecule has 0 aliphatic rings. The third-order valence-electron chi connectivity index (χ3n) is 2.27. The topological polar surface area (TPSA) is 167 Å². The molecule has 0 spiro atoms. The van der Waals surface area contributed by atoms with E-state index in [1.54, 1.807) is 0 Å². The van der Waals surface area contributed by atoms with Crippen molar-refractivity contribution >= 4 is 23.8 Å². The number of carboxylic acids is 3. The minimum atomic E-state index is -1.37. The number of hydrogen-bond donors (Lipinski definition) is 5. The number of nitrogens with two attached hydrogens (primary N) is 1. The van der Waals surface area contributed by atoms with Crippen LogP contribution in [0, 0.1) is 0 Å². The van der Waals surface area contributed by atoms with Gasteiger partial charge in [0.1, 0.15) is 6.04 Å². The molecular weight excluding hydrogens is 260 g/mol. The van der Waals surface area contributed by atoms with Crippen molar-refractivity contribution in [3.63, 3.8) is 0 Å². The summed E-state index contributed by atoms with van der Waals surface area (Å²) in [5, 5.41) is 27.7. The van der Waals surface area contributed by atoms with Gasteiger partial charge in [-0.3, -0.25) is 14.4 Å². The minimum Gasteiger partial charge on any atom is -0.481 e. The number of nitrogens with one attached hydrogen (secondary N) is 1. The quantitative estimate of drug-likeness (QED) is 0.343. The van der Waals surface area contributed by atoms with E-state index in [-0.39, 0.29) is 19.3 Å². The summed E-state index contributed by atoms with van der Waals surface area (Å²) in [6.45, 7) is 0. The van der Waals surface area contributed by atoms with Gasteiger partial charge in [-0.2, -0.15) is 0 Å². The Balaban J connectivity index is 4.33. The monoisotopic (exact) mass is 276 g/mol. The number of carboxylic acid groups (broad SMARTS) is 3. The summed E-state index contributed by atoms with van der Waals surface area (Å²) in [6.07, 6.45) is -1.14. The molecule has 0 heterocycles. The van der Waals surface area contributed by atoms with Gasteiger partial charge in [-0.1, -0.05) is 0 Å². The third-order valence-corrected chi connectivity index (χ3v) is 2.27. The Labute approximate surface area is 108 Å². The van der Waals surface area contributed by atoms with Crippen molar-refractivity contribution in [2.75, 3.05) is 0 Å². The van der Waals surface area contributed by atoms with Crippen LogP contribution in [0.1, 0.15) is 25.7 Å². The van der Waals surface area contributed by atoms with Crippen LogP contribution in [0.2, 0.25) is 0 Å². The van der Waals surface area contributed by atoms with Gasteiger partial charge in [-0.05, 0) is 12.8 Å². The van der Waals surface area contributed by atoms with Crippen molar-refractivity contribution in [1.82, 2.24) is 5.32 Å². The molecule has 0 aliphatic carbocycles. The fourth-order valence-electron chi connectivity index (χ4n) is 1.21. The van der Waals surface area contributed by atoms with Crippen molar-refractivity contribution in [2.45, 2.75) is 37.8 Å². The van der Waals surface area contributed by atoms with E-state index in [1.165, 1.54) is 0 Å². The first-order valence-corrected chi connectivity index (χ1v) is 5.46. The van der Waals surface area contributed by atoms with Crippen LogP contribution in [-0.2, 0) is 19.2 Å². The fourth-order valence-corrected chi connectivity index (χ4v) is 1.21. The maximum atomic E-state index is 11.5. The molecule has 0 bridgehead atoms. The number of amides is 1. The van der Waals surface area contributed by atoms with Crippen LogP contribution in [-0.4, -0.2) is 51.2 Å². The van der Waals surface area contributed by atoms with Crippen LogP contribution >= 0.6 is 0 Å². The highest BCUT2D eigenvalue weighted by Crippen LogP contribution is 2.01. The molecular formula is C10H16N2O7. The number of carbonyl (C=O) groups excluding carboxylic acids is 1. The molecule has 1 amide bonds. The van der Waals surface area contributed by atoms with Gasteiger partial charge in [0, 0.05) is 12.8 Å². The lowest BCUT2D eigenvalue weighted by molar-refractivity contribution is -0.143. The third kappa shape index (κ3) is 7.71. The van der Waals surface area contributed by atoms with Gasteiger partial charge >= 0.3 is 17.9 Å². The van der Waals surface area contributed by atoms with Crippen molar-refractivity contribution in [3.8, 4) is 0 Å². The molecule has 0 aromatic heterocycles. The van der Waals surface area contributed by atoms with Crippen LogP contribution in [0.15, 0.2) is 0 Å². The number of aliphatic carboxylic acids is 3. The molecule has 0 aliphatic heterocycles. The van der Waals surface area contributed by atoms with Crippen molar-refractivity contribution in [2.24, 2.45) is 5.73 Å². The molecule has 0 saturated carbocycles. The van der Waals surface area contributed by atoms with E-state index in [0.717, 1.165) is 0 Å². The Bertz CT molecular complexity index is 369. The van der Waals surface area contributed by atoms with E-state index < -0.39 is 42.3 Å². The summed E-state index contributed by atoms with van der Waals surface area (Å²) in [4.78, 5) is 42.9. The van der Waals surface area contributed by atoms with Crippen LogP contribution < -0.4 is 11.1 Å². The van der Waals surface area contributed by atoms with Gasteiger partial charge in [0.2, 0.25) is 5.91 Å². The van der Waals surface area contributed by atoms with Crippen LogP contribution in [0.3, 0.4) is 0 Å². The first-order chi connectivity index (χ1) is 8.73. The molecule has 0 unspecified atom stereocenters. The van der Waals surface area contributed by atoms with Gasteiger partial charge < -0.3 is 26.4 Å². The average Bonchev–Trinajstić information content (AvgIpc) is 2.30. The van der Waals surface area contributed by atoms with E-state index in [2.05, 4.69) is 5.32 Å². The Kier molecular flexibility index (Phi) is 7.12. The Morgan fingerprint density at radius 1 is 0.947 bits per heavy atom. The molecule has 0 fully saturated rings. The summed E-state index contributed by atoms with van der Waals surface area (Å²) in [5.74, 6) is -4.50. The lowest BCUT2D eigenvalue weighted by Crippen LogP contribution is -2.48. The molecule has 9 heteroatoms. The second-order valence-corrected chi connectivity index (χ2v) is 3.87. The predicted octanol–water partition coefficient (Wildman–Crippen LogP) is -1.39. The maximum Gasteiger partial charge on any atom is 0.326 e. The molecule has 0 aromatic carbocycles. The summed E-state index contributed by atoms with van der Waals surface area (Å²) in [5.41, 5.74) is 5.39. The van der Waals surface area contributed by atoms with Crippen LogP contribution in [0.25, 0.3) is 0 Å². The van der Waals surface area contributed by atoms with E-state index in [0.29, 0.717) is 0 Å². The van der Waals surface area contributed by atoms with Crippen LogP contribution in [0.5, 0.6) is 0 Å². The van der Waals surface area contributed by atoms with Crippen LogP contribution in [0.4, 0.5) is 0 Å². The summed E-state index contributed by atoms with van der Waals surface area (Å²) >= 11 is 0. The normalized spacial score (nSPS) is 13.3. The van der Waals surface area contributed by atoms with Crippen molar-refractivity contribution < 1.29 is 34.5 Å². The number of rotatable bonds is 9. The highest BCUT2D eigenvalue weighted by Gasteiger charge is 2.24. The summed E-state index contributed by atoms with van der Waals surface area (Å²) in [6, 6.07) is -2.51. The van der Waals surface area contributed by atoms with Gasteiger partial charge in [0.25, 0.3) is 0 Å². The largest absolute Gasteiger partial charge is 0.481 e. The zero-order valence-electron chi connectivity index (χ0n) is 10.0. The second kappa shape index (κ2) is 8.03. The molecule has 0 saturated heterocycles. The predicted molar refractivity (Wildman–Crippen MR) is 61.3 cm³/mol. The van der Waals surface area contributed by atoms with E-state index in [9.17, 15) is 19.2 Å². The summed E-state index contributed by atoms with van der Waals surface area (Å²) < 4.78 is 0. The van der Waals surface area contributed by atoms with E-state index in [4.69, 9.17) is 21.1 Å². The molecule has 0 rings (SSSR count).